The molecule has 0 amide bonds. The van der Waals surface area contributed by atoms with Crippen LogP contribution in [0.1, 0.15) is 13.8 Å². The van der Waals surface area contributed by atoms with Gasteiger partial charge in [0.2, 0.25) is 5.75 Å². The molecule has 0 saturated carbocycles. The number of hydrogen-bond donors (Lipinski definition) is 1. The molecule has 4 heterocycles. The van der Waals surface area contributed by atoms with E-state index >= 15 is 0 Å². The van der Waals surface area contributed by atoms with Crippen molar-refractivity contribution in [1.82, 2.24) is 4.98 Å². The molecule has 1 N–H and O–H groups in total. The van der Waals surface area contributed by atoms with E-state index in [1.807, 2.05) is 0 Å². The third kappa shape index (κ3) is 4.38. The van der Waals surface area contributed by atoms with Crippen molar-refractivity contribution in [1.29, 1.82) is 0 Å². The van der Waals surface area contributed by atoms with Crippen molar-refractivity contribution >= 4 is 51.5 Å². The molecule has 3 atom stereocenters. The number of nitrogens with zero attached hydrogens (tertiary/aromatic N) is 1. The second kappa shape index (κ2) is 8.87. The van der Waals surface area contributed by atoms with Gasteiger partial charge in [0, 0.05) is 23.8 Å². The molecule has 0 unspecified atom stereocenters. The van der Waals surface area contributed by atoms with Crippen LogP contribution in [0.5, 0.6) is 11.5 Å². The highest BCUT2D eigenvalue weighted by Crippen LogP contribution is 2.41. The molecular formula is C23H20Cl2N2O8. The first-order valence-corrected chi connectivity index (χ1v) is 11.3. The molecular weight excluding hydrogens is 503 g/mol. The largest absolute Gasteiger partial charge is 0.493 e. The molecule has 10 nitrogen and oxygen atoms in total. The van der Waals surface area contributed by atoms with Crippen LogP contribution in [0.4, 0.5) is 11.4 Å². The Labute approximate surface area is 209 Å². The zero-order chi connectivity index (χ0) is 24.9. The third-order valence-electron chi connectivity index (χ3n) is 5.55. The molecule has 12 heteroatoms. The second-order valence-corrected chi connectivity index (χ2v) is 9.18. The van der Waals surface area contributed by atoms with E-state index in [-0.39, 0.29) is 28.0 Å². The highest BCUT2D eigenvalue weighted by atomic mass is 35.5. The number of carbonyl (C=O) groups is 1. The number of rotatable bonds is 6. The standard InChI is InChI=1S/C23H20Cl2N2O8/c1-23(2)34-20-15(32-22(29)21(20)35-23)9-31-19-14(30-3)5-4-10-13(6-16(28)33-18(10)19)27-17-11(24)7-26-8-12(17)25/h4-8,15,20-21H,9H2,1-3H3,(H,26,27)/t15-,20-,21-/m0/s1. The van der Waals surface area contributed by atoms with Crippen LogP contribution in [0.2, 0.25) is 10.0 Å². The van der Waals surface area contributed by atoms with Crippen LogP contribution in [-0.2, 0) is 19.0 Å². The topological polar surface area (TPSA) is 118 Å². The number of esters is 1. The molecule has 2 saturated heterocycles. The van der Waals surface area contributed by atoms with Gasteiger partial charge in [-0.3, -0.25) is 4.98 Å². The van der Waals surface area contributed by atoms with Crippen LogP contribution in [0.3, 0.4) is 0 Å². The van der Waals surface area contributed by atoms with Crippen molar-refractivity contribution in [3.05, 3.63) is 51.1 Å². The number of benzene rings is 1. The summed E-state index contributed by atoms with van der Waals surface area (Å²) in [5.74, 6) is -0.992. The molecule has 0 aliphatic carbocycles. The maximum absolute atomic E-state index is 12.5. The van der Waals surface area contributed by atoms with E-state index in [1.54, 1.807) is 26.0 Å². The van der Waals surface area contributed by atoms with Gasteiger partial charge in [-0.1, -0.05) is 23.2 Å². The lowest BCUT2D eigenvalue weighted by molar-refractivity contribution is -0.188. The fourth-order valence-electron chi connectivity index (χ4n) is 4.07. The Morgan fingerprint density at radius 3 is 2.60 bits per heavy atom. The number of methoxy groups -OCH3 is 1. The van der Waals surface area contributed by atoms with Crippen LogP contribution in [0.25, 0.3) is 11.0 Å². The average Bonchev–Trinajstić information content (AvgIpc) is 3.27. The summed E-state index contributed by atoms with van der Waals surface area (Å²) in [6, 6.07) is 4.61. The molecule has 35 heavy (non-hydrogen) atoms. The van der Waals surface area contributed by atoms with Crippen LogP contribution < -0.4 is 20.4 Å². The zero-order valence-electron chi connectivity index (χ0n) is 18.8. The fourth-order valence-corrected chi connectivity index (χ4v) is 4.53. The van der Waals surface area contributed by atoms with Gasteiger partial charge in [-0.05, 0) is 26.0 Å². The number of cyclic esters (lactones) is 1. The summed E-state index contributed by atoms with van der Waals surface area (Å²) in [7, 11) is 1.45. The SMILES string of the molecule is COc1ccc2c(Nc3c(Cl)cncc3Cl)cc(=O)oc2c1OC[C@@H]1OC(=O)[C@H]2OC(C)(C)O[C@@H]12. The van der Waals surface area contributed by atoms with E-state index in [9.17, 15) is 9.59 Å². The molecule has 3 aromatic rings. The molecule has 184 valence electrons. The summed E-state index contributed by atoms with van der Waals surface area (Å²) in [5.41, 5.74) is 0.213. The lowest BCUT2D eigenvalue weighted by Crippen LogP contribution is -2.34. The van der Waals surface area contributed by atoms with Crippen LogP contribution >= 0.6 is 23.2 Å². The first-order chi connectivity index (χ1) is 16.7. The average molecular weight is 523 g/mol. The van der Waals surface area contributed by atoms with E-state index < -0.39 is 35.7 Å². The van der Waals surface area contributed by atoms with Crippen molar-refractivity contribution in [2.75, 3.05) is 19.0 Å². The van der Waals surface area contributed by atoms with Crippen molar-refractivity contribution in [2.45, 2.75) is 37.9 Å². The minimum Gasteiger partial charge on any atom is -0.493 e. The van der Waals surface area contributed by atoms with Gasteiger partial charge >= 0.3 is 11.6 Å². The maximum atomic E-state index is 12.5. The smallest absolute Gasteiger partial charge is 0.338 e. The molecule has 2 fully saturated rings. The minimum absolute atomic E-state index is 0.0921. The number of fused-ring (bicyclic) bond motifs is 2. The van der Waals surface area contributed by atoms with Gasteiger partial charge in [-0.25, -0.2) is 9.59 Å². The van der Waals surface area contributed by atoms with Gasteiger partial charge in [0.25, 0.3) is 0 Å². The number of halogens is 2. The molecule has 2 aromatic heterocycles. The summed E-state index contributed by atoms with van der Waals surface area (Å²) in [6.45, 7) is 3.34. The Kier molecular flexibility index (Phi) is 6.00. The molecule has 2 aliphatic rings. The number of hydrogen-bond acceptors (Lipinski definition) is 10. The number of carbonyl (C=O) groups excluding carboxylic acids is 1. The number of anilines is 2. The van der Waals surface area contributed by atoms with E-state index in [1.165, 1.54) is 25.6 Å². The highest BCUT2D eigenvalue weighted by molar-refractivity contribution is 6.39. The first kappa shape index (κ1) is 23.7. The number of aromatic nitrogens is 1. The number of nitrogens with one attached hydrogen (secondary N) is 1. The number of pyridine rings is 1. The monoisotopic (exact) mass is 522 g/mol. The van der Waals surface area contributed by atoms with Crippen molar-refractivity contribution in [3.8, 4) is 11.5 Å². The Morgan fingerprint density at radius 2 is 1.89 bits per heavy atom. The summed E-state index contributed by atoms with van der Waals surface area (Å²) in [6.07, 6.45) is 0.632. The zero-order valence-corrected chi connectivity index (χ0v) is 20.3. The van der Waals surface area contributed by atoms with E-state index in [0.29, 0.717) is 22.5 Å². The molecule has 0 spiro atoms. The quantitative estimate of drug-likeness (QED) is 0.374. The van der Waals surface area contributed by atoms with Crippen LogP contribution in [0, 0.1) is 0 Å². The van der Waals surface area contributed by atoms with Gasteiger partial charge in [-0.2, -0.15) is 0 Å². The van der Waals surface area contributed by atoms with Gasteiger partial charge in [0.05, 0.1) is 28.5 Å². The van der Waals surface area contributed by atoms with Gasteiger partial charge in [0.1, 0.15) is 12.7 Å². The van der Waals surface area contributed by atoms with E-state index in [0.717, 1.165) is 0 Å². The lowest BCUT2D eigenvalue weighted by Gasteiger charge is -2.22. The van der Waals surface area contributed by atoms with E-state index in [4.69, 9.17) is 51.3 Å². The van der Waals surface area contributed by atoms with Crippen molar-refractivity contribution < 1.29 is 32.9 Å². The van der Waals surface area contributed by atoms with E-state index in [2.05, 4.69) is 10.3 Å². The predicted octanol–water partition coefficient (Wildman–Crippen LogP) is 4.07. The molecule has 5 rings (SSSR count). The molecule has 1 aromatic carbocycles. The van der Waals surface area contributed by atoms with Gasteiger partial charge in [-0.15, -0.1) is 0 Å². The normalized spacial score (nSPS) is 22.7. The predicted molar refractivity (Wildman–Crippen MR) is 126 cm³/mol. The second-order valence-electron chi connectivity index (χ2n) is 8.36. The maximum Gasteiger partial charge on any atom is 0.338 e. The number of ether oxygens (including phenoxy) is 5. The lowest BCUT2D eigenvalue weighted by atomic mass is 10.1. The third-order valence-corrected chi connectivity index (χ3v) is 6.12. The van der Waals surface area contributed by atoms with Gasteiger partial charge < -0.3 is 33.4 Å². The fraction of sp³-hybridized carbons (Fsp3) is 0.348. The summed E-state index contributed by atoms with van der Waals surface area (Å²) in [5, 5.41) is 4.09. The van der Waals surface area contributed by atoms with Gasteiger partial charge in [0.15, 0.2) is 29.3 Å². The first-order valence-electron chi connectivity index (χ1n) is 10.6. The Bertz CT molecular complexity index is 1360. The summed E-state index contributed by atoms with van der Waals surface area (Å²) in [4.78, 5) is 28.6. The summed E-state index contributed by atoms with van der Waals surface area (Å²) >= 11 is 12.5. The highest BCUT2D eigenvalue weighted by Gasteiger charge is 2.56. The molecule has 2 aliphatic heterocycles. The van der Waals surface area contributed by atoms with Crippen LogP contribution in [-0.4, -0.2) is 48.8 Å². The molecule has 0 bridgehead atoms. The minimum atomic E-state index is -0.924. The Morgan fingerprint density at radius 1 is 1.14 bits per heavy atom. The Balaban J connectivity index is 1.50. The molecule has 0 radical (unpaired) electrons. The van der Waals surface area contributed by atoms with Crippen LogP contribution in [0.15, 0.2) is 39.8 Å². The van der Waals surface area contributed by atoms with Crippen molar-refractivity contribution in [2.24, 2.45) is 0 Å². The Hall–Kier alpha value is -3.05. The summed E-state index contributed by atoms with van der Waals surface area (Å²) < 4.78 is 33.7. The van der Waals surface area contributed by atoms with Crippen molar-refractivity contribution in [3.63, 3.8) is 0 Å².